The summed E-state index contributed by atoms with van der Waals surface area (Å²) in [6.45, 7) is 13.2. The Balaban J connectivity index is 1.56. The van der Waals surface area contributed by atoms with Crippen molar-refractivity contribution in [3.63, 3.8) is 0 Å². The summed E-state index contributed by atoms with van der Waals surface area (Å²) in [5.74, 6) is 2.43. The fraction of sp³-hybridized carbons (Fsp3) is 0.265. The maximum absolute atomic E-state index is 6.23. The van der Waals surface area contributed by atoms with Crippen molar-refractivity contribution in [1.82, 2.24) is 4.98 Å². The normalized spacial score (nSPS) is 12.4. The third-order valence-electron chi connectivity index (χ3n) is 7.06. The summed E-state index contributed by atoms with van der Waals surface area (Å²) >= 11 is 0. The van der Waals surface area contributed by atoms with Gasteiger partial charge in [0.15, 0.2) is 5.58 Å². The molecule has 0 radical (unpaired) electrons. The van der Waals surface area contributed by atoms with Crippen LogP contribution in [0.3, 0.4) is 0 Å². The highest BCUT2D eigenvalue weighted by atomic mass is 16.3. The van der Waals surface area contributed by atoms with Gasteiger partial charge in [-0.05, 0) is 70.5 Å². The van der Waals surface area contributed by atoms with Gasteiger partial charge in [0, 0.05) is 29.0 Å². The Hall–Kier alpha value is -3.85. The highest BCUT2D eigenvalue weighted by Crippen LogP contribution is 2.38. The molecule has 6 rings (SSSR count). The summed E-state index contributed by atoms with van der Waals surface area (Å²) in [5, 5.41) is 3.65. The second-order valence-corrected chi connectivity index (χ2v) is 11.7. The molecule has 6 aromatic rings. The molecule has 0 saturated heterocycles. The van der Waals surface area contributed by atoms with Crippen LogP contribution in [0.4, 0.5) is 0 Å². The number of rotatable bonds is 4. The average Bonchev–Trinajstić information content (AvgIpc) is 3.42. The molecule has 0 aliphatic carbocycles. The number of aryl methyl sites for hydroxylation is 1. The molecule has 0 unspecified atom stereocenters. The van der Waals surface area contributed by atoms with Crippen molar-refractivity contribution in [3.8, 4) is 22.4 Å². The van der Waals surface area contributed by atoms with E-state index in [0.717, 1.165) is 62.4 Å². The zero-order chi connectivity index (χ0) is 25.9. The predicted molar refractivity (Wildman–Crippen MR) is 154 cm³/mol. The smallest absolute Gasteiger partial charge is 0.160 e. The van der Waals surface area contributed by atoms with Crippen molar-refractivity contribution in [3.05, 3.63) is 89.9 Å². The Bertz CT molecular complexity index is 1780. The van der Waals surface area contributed by atoms with Crippen LogP contribution in [0.5, 0.6) is 0 Å². The van der Waals surface area contributed by atoms with Crippen LogP contribution in [0.1, 0.15) is 51.7 Å². The first-order valence-electron chi connectivity index (χ1n) is 13.1. The molecule has 3 heteroatoms. The molecule has 3 nitrogen and oxygen atoms in total. The lowest BCUT2D eigenvalue weighted by molar-refractivity contribution is 0.500. The number of benzene rings is 3. The van der Waals surface area contributed by atoms with Crippen molar-refractivity contribution in [2.75, 3.05) is 0 Å². The summed E-state index contributed by atoms with van der Waals surface area (Å²) in [6, 6.07) is 26.0. The lowest BCUT2D eigenvalue weighted by atomic mass is 9.82. The van der Waals surface area contributed by atoms with Crippen LogP contribution in [0, 0.1) is 12.8 Å². The molecule has 3 heterocycles. The minimum absolute atomic E-state index is 0.00674. The van der Waals surface area contributed by atoms with Gasteiger partial charge in [0.2, 0.25) is 0 Å². The Labute approximate surface area is 218 Å². The molecule has 186 valence electrons. The van der Waals surface area contributed by atoms with Gasteiger partial charge in [0.05, 0.1) is 5.69 Å². The molecule has 37 heavy (non-hydrogen) atoms. The zero-order valence-corrected chi connectivity index (χ0v) is 22.5. The fourth-order valence-electron chi connectivity index (χ4n) is 5.34. The minimum Gasteiger partial charge on any atom is -0.461 e. The number of hydrogen-bond donors (Lipinski definition) is 0. The molecular weight excluding hydrogens is 454 g/mol. The summed E-state index contributed by atoms with van der Waals surface area (Å²) in [7, 11) is 0. The average molecular weight is 488 g/mol. The predicted octanol–water partition coefficient (Wildman–Crippen LogP) is 9.87. The molecule has 0 fully saturated rings. The molecule has 3 aromatic heterocycles. The summed E-state index contributed by atoms with van der Waals surface area (Å²) in [6.07, 6.45) is 0.934. The van der Waals surface area contributed by atoms with Crippen LogP contribution in [0.15, 0.2) is 81.6 Å². The number of fused-ring (bicyclic) bond motifs is 3. The largest absolute Gasteiger partial charge is 0.461 e. The number of pyridine rings is 1. The highest BCUT2D eigenvalue weighted by Gasteiger charge is 2.20. The van der Waals surface area contributed by atoms with E-state index < -0.39 is 0 Å². The number of aromatic nitrogens is 1. The van der Waals surface area contributed by atoms with E-state index in [1.165, 1.54) is 16.3 Å². The molecule has 0 N–H and O–H groups in total. The quantitative estimate of drug-likeness (QED) is 0.248. The van der Waals surface area contributed by atoms with Gasteiger partial charge in [-0.3, -0.25) is 0 Å². The van der Waals surface area contributed by atoms with Gasteiger partial charge in [-0.2, -0.15) is 0 Å². The minimum atomic E-state index is 0.00674. The molecule has 0 atom stereocenters. The molecule has 0 aliphatic heterocycles. The first-order valence-corrected chi connectivity index (χ1v) is 13.1. The van der Waals surface area contributed by atoms with Crippen molar-refractivity contribution in [2.45, 2.75) is 53.4 Å². The number of nitrogens with zero attached hydrogens (tertiary/aromatic N) is 1. The number of hydrogen-bond acceptors (Lipinski definition) is 3. The summed E-state index contributed by atoms with van der Waals surface area (Å²) in [5.41, 5.74) is 8.07. The molecule has 0 bridgehead atoms. The van der Waals surface area contributed by atoms with Gasteiger partial charge in [-0.15, -0.1) is 0 Å². The van der Waals surface area contributed by atoms with E-state index in [4.69, 9.17) is 13.8 Å². The van der Waals surface area contributed by atoms with Gasteiger partial charge in [0.25, 0.3) is 0 Å². The van der Waals surface area contributed by atoms with E-state index in [-0.39, 0.29) is 5.41 Å². The summed E-state index contributed by atoms with van der Waals surface area (Å²) < 4.78 is 12.4. The molecule has 0 aliphatic rings. The van der Waals surface area contributed by atoms with Gasteiger partial charge >= 0.3 is 0 Å². The number of furan rings is 2. The van der Waals surface area contributed by atoms with Crippen LogP contribution in [0.25, 0.3) is 55.2 Å². The molecular formula is C34H33NO2. The van der Waals surface area contributed by atoms with Gasteiger partial charge < -0.3 is 8.83 Å². The molecule has 0 amide bonds. The Morgan fingerprint density at radius 2 is 1.62 bits per heavy atom. The van der Waals surface area contributed by atoms with Crippen LogP contribution < -0.4 is 0 Å². The van der Waals surface area contributed by atoms with Gasteiger partial charge in [-0.1, -0.05) is 71.0 Å². The van der Waals surface area contributed by atoms with E-state index in [0.29, 0.717) is 5.92 Å². The van der Waals surface area contributed by atoms with Gasteiger partial charge in [-0.25, -0.2) is 4.98 Å². The van der Waals surface area contributed by atoms with E-state index in [1.807, 2.05) is 13.0 Å². The van der Waals surface area contributed by atoms with Crippen LogP contribution in [0.2, 0.25) is 0 Å². The first-order chi connectivity index (χ1) is 17.7. The van der Waals surface area contributed by atoms with E-state index in [1.54, 1.807) is 0 Å². The molecule has 0 saturated carbocycles. The van der Waals surface area contributed by atoms with Crippen molar-refractivity contribution < 1.29 is 8.83 Å². The molecule has 0 spiro atoms. The van der Waals surface area contributed by atoms with E-state index in [9.17, 15) is 0 Å². The second kappa shape index (κ2) is 8.62. The maximum Gasteiger partial charge on any atom is 0.160 e. The van der Waals surface area contributed by atoms with Crippen molar-refractivity contribution in [1.29, 1.82) is 0 Å². The fourth-order valence-corrected chi connectivity index (χ4v) is 5.34. The Kier molecular flexibility index (Phi) is 5.49. The van der Waals surface area contributed by atoms with Crippen LogP contribution in [-0.4, -0.2) is 4.98 Å². The van der Waals surface area contributed by atoms with Crippen molar-refractivity contribution >= 4 is 32.8 Å². The lowest BCUT2D eigenvalue weighted by Crippen LogP contribution is -2.12. The standard InChI is InChI=1S/C34H33NO2/c1-20(2)13-26-16-24-12-11-23(18-32(24)37-26)28-19-30(35-31-14-21(3)36-33(28)31)25-15-22-9-7-8-10-27(22)29(17-25)34(4,5)6/h7-12,14-20H,13H2,1-6H3. The Morgan fingerprint density at radius 1 is 0.811 bits per heavy atom. The monoisotopic (exact) mass is 487 g/mol. The van der Waals surface area contributed by atoms with E-state index in [2.05, 4.69) is 101 Å². The van der Waals surface area contributed by atoms with Crippen molar-refractivity contribution in [2.24, 2.45) is 5.92 Å². The SMILES string of the molecule is Cc1cc2nc(-c3cc(C(C)(C)C)c4ccccc4c3)cc(-c3ccc4cc(CC(C)C)oc4c3)c2o1. The highest BCUT2D eigenvalue weighted by molar-refractivity contribution is 5.97. The third-order valence-corrected chi connectivity index (χ3v) is 7.06. The lowest BCUT2D eigenvalue weighted by Gasteiger charge is -2.23. The van der Waals surface area contributed by atoms with Crippen LogP contribution >= 0.6 is 0 Å². The van der Waals surface area contributed by atoms with Gasteiger partial charge in [0.1, 0.15) is 22.6 Å². The zero-order valence-electron chi connectivity index (χ0n) is 22.5. The van der Waals surface area contributed by atoms with E-state index >= 15 is 0 Å². The second-order valence-electron chi connectivity index (χ2n) is 11.7. The topological polar surface area (TPSA) is 39.2 Å². The first kappa shape index (κ1) is 23.5. The molecule has 3 aromatic carbocycles. The third kappa shape index (κ3) is 4.33. The van der Waals surface area contributed by atoms with Crippen LogP contribution in [-0.2, 0) is 11.8 Å². The maximum atomic E-state index is 6.23. The Morgan fingerprint density at radius 3 is 2.41 bits per heavy atom. The summed E-state index contributed by atoms with van der Waals surface area (Å²) in [4.78, 5) is 5.06.